The third-order valence-electron chi connectivity index (χ3n) is 6.71. The molecule has 3 aromatic rings. The average Bonchev–Trinajstić information content (AvgIpc) is 3.69. The normalized spacial score (nSPS) is 18.0. The van der Waals surface area contributed by atoms with Crippen LogP contribution in [0, 0.1) is 0 Å². The number of aryl methyl sites for hydroxylation is 1. The quantitative estimate of drug-likeness (QED) is 0.0612. The molecule has 3 aromatic heterocycles. The van der Waals surface area contributed by atoms with Crippen LogP contribution in [0.2, 0.25) is 0 Å². The summed E-state index contributed by atoms with van der Waals surface area (Å²) in [6.07, 6.45) is 5.92. The molecule has 236 valence electrons. The molecule has 2 aliphatic heterocycles. The monoisotopic (exact) mass is 679 g/mol. The first kappa shape index (κ1) is 34.8. The number of thioether (sulfide) groups is 2. The molecule has 3 atom stereocenters. The Labute approximate surface area is 290 Å². The van der Waals surface area contributed by atoms with Crippen molar-refractivity contribution in [3.05, 3.63) is 64.1 Å². The second kappa shape index (κ2) is 15.0. The van der Waals surface area contributed by atoms with Crippen LogP contribution in [0.4, 0.5) is 16.4 Å². The maximum Gasteiger partial charge on any atom is 1.00 e. The molecular weight excluding hydrogens is 653 g/mol. The number of nitrogens with two attached hydrogens (primary N) is 1. The minimum atomic E-state index is -1.62. The number of β-lactam (4-membered cyclic amide) rings is 1. The largest absolute Gasteiger partial charge is 1.00 e. The molecule has 5 heterocycles. The van der Waals surface area contributed by atoms with Crippen molar-refractivity contribution < 1.29 is 58.3 Å². The Kier molecular flexibility index (Phi) is 11.3. The number of carboxylic acid groups (broad SMARTS) is 1. The minimum Gasteiger partial charge on any atom is -0.543 e. The van der Waals surface area contributed by atoms with Gasteiger partial charge in [-0.25, -0.2) is 14.5 Å². The van der Waals surface area contributed by atoms with Gasteiger partial charge in [-0.1, -0.05) is 23.9 Å². The molecule has 0 aromatic carbocycles. The first-order valence-corrected chi connectivity index (χ1v) is 15.3. The Balaban J connectivity index is 0.00000480. The van der Waals surface area contributed by atoms with Crippen LogP contribution in [-0.4, -0.2) is 88.4 Å². The number of nitrogens with one attached hydrogen (secondary N) is 3. The number of tetrazole rings is 1. The zero-order valence-electron chi connectivity index (χ0n) is 24.7. The fraction of sp³-hybridized carbons (Fsp3) is 0.320. The van der Waals surface area contributed by atoms with Crippen LogP contribution < -0.4 is 61.5 Å². The van der Waals surface area contributed by atoms with Gasteiger partial charge in [-0.15, -0.1) is 16.9 Å². The minimum absolute atomic E-state index is 0. The van der Waals surface area contributed by atoms with Crippen LogP contribution in [0.25, 0.3) is 0 Å². The van der Waals surface area contributed by atoms with Gasteiger partial charge in [0, 0.05) is 25.1 Å². The first-order chi connectivity index (χ1) is 21.6. The van der Waals surface area contributed by atoms with Crippen LogP contribution in [0.5, 0.6) is 0 Å². The number of nitrogens with zero attached hydrogens (tertiary/aromatic N) is 7. The van der Waals surface area contributed by atoms with E-state index < -0.39 is 46.8 Å². The number of carboxylic acids is 1. The van der Waals surface area contributed by atoms with Crippen molar-refractivity contribution in [3.8, 4) is 0 Å². The van der Waals surface area contributed by atoms with Gasteiger partial charge in [-0.2, -0.15) is 0 Å². The third-order valence-corrected chi connectivity index (χ3v) is 9.15. The molecule has 46 heavy (non-hydrogen) atoms. The van der Waals surface area contributed by atoms with E-state index in [9.17, 15) is 29.1 Å². The molecule has 1 fully saturated rings. The number of aromatic amines is 1. The summed E-state index contributed by atoms with van der Waals surface area (Å²) < 4.78 is 6.84. The van der Waals surface area contributed by atoms with E-state index in [0.29, 0.717) is 22.2 Å². The van der Waals surface area contributed by atoms with Gasteiger partial charge in [-0.3, -0.25) is 29.2 Å². The number of carbonyl (C=O) groups is 4. The van der Waals surface area contributed by atoms with Crippen LogP contribution in [0.3, 0.4) is 0 Å². The number of rotatable bonds is 12. The maximum atomic E-state index is 13.8. The Hall–Kier alpha value is -4.11. The molecule has 0 bridgehead atoms. The third kappa shape index (κ3) is 6.99. The van der Waals surface area contributed by atoms with Gasteiger partial charge in [0.05, 0.1) is 24.1 Å². The van der Waals surface area contributed by atoms with Gasteiger partial charge in [0.15, 0.2) is 6.04 Å². The molecule has 2 aliphatic rings. The molecule has 5 rings (SSSR count). The molecule has 0 saturated carbocycles. The Morgan fingerprint density at radius 3 is 2.76 bits per heavy atom. The van der Waals surface area contributed by atoms with E-state index in [1.807, 2.05) is 6.92 Å². The maximum absolute atomic E-state index is 13.8. The van der Waals surface area contributed by atoms with Crippen LogP contribution >= 0.6 is 23.5 Å². The summed E-state index contributed by atoms with van der Waals surface area (Å²) in [5, 5.41) is 28.4. The zero-order valence-corrected chi connectivity index (χ0v) is 28.3. The zero-order chi connectivity index (χ0) is 32.2. The van der Waals surface area contributed by atoms with Crippen molar-refractivity contribution >= 4 is 59.0 Å². The van der Waals surface area contributed by atoms with Crippen molar-refractivity contribution in [2.24, 2.45) is 12.8 Å². The molecule has 5 N–H and O–H groups in total. The number of fused-ring (bicyclic) bond motifs is 1. The molecule has 0 radical (unpaired) electrons. The summed E-state index contributed by atoms with van der Waals surface area (Å²) in [5.74, 6) is -2.72. The molecule has 2 unspecified atom stereocenters. The Bertz CT molecular complexity index is 1740. The second-order valence-electron chi connectivity index (χ2n) is 9.53. The van der Waals surface area contributed by atoms with Gasteiger partial charge in [0.2, 0.25) is 11.1 Å². The summed E-state index contributed by atoms with van der Waals surface area (Å²) in [6, 6.07) is -1.11. The van der Waals surface area contributed by atoms with Crippen LogP contribution in [0.15, 0.2) is 62.4 Å². The van der Waals surface area contributed by atoms with E-state index in [1.165, 1.54) is 46.6 Å². The standard InChI is InChI=1S/C25H27N11O7S2.Na/c1-3-4-7-27-24-28-9-13(18(37)30-24)35(23(26)42)17(14-6-5-8-43-14)19(38)29-15-20(39)36-16(22(40)41)12(10-44-21(15)36)11-45-25-31-32-33-34(25)2;/h3-6,8-9,15,17,21H,7,10-11H2,1-2H3,(H2,26,42)(H,29,38)(H,40,41)(H2,27,28,30,37);/q;+1/p-1/t15?,17?,21-;/m0./s1. The number of primary amides is 1. The molecule has 21 heteroatoms. The number of anilines is 2. The van der Waals surface area contributed by atoms with Gasteiger partial charge in [0.1, 0.15) is 22.9 Å². The number of aliphatic carboxylic acids is 1. The summed E-state index contributed by atoms with van der Waals surface area (Å²) in [7, 11) is 1.63. The topological polar surface area (TPSA) is 250 Å². The number of H-pyrrole nitrogens is 1. The van der Waals surface area contributed by atoms with E-state index in [1.54, 1.807) is 19.2 Å². The fourth-order valence-corrected chi connectivity index (χ4v) is 6.97. The van der Waals surface area contributed by atoms with Gasteiger partial charge < -0.3 is 30.7 Å². The van der Waals surface area contributed by atoms with E-state index in [4.69, 9.17) is 10.2 Å². The molecule has 4 amide bonds. The number of hydrogen-bond donors (Lipinski definition) is 4. The van der Waals surface area contributed by atoms with Crippen molar-refractivity contribution in [1.82, 2.24) is 40.4 Å². The van der Waals surface area contributed by atoms with E-state index in [-0.39, 0.29) is 64.2 Å². The summed E-state index contributed by atoms with van der Waals surface area (Å²) in [5.41, 5.74) is 4.65. The summed E-state index contributed by atoms with van der Waals surface area (Å²) in [6.45, 7) is 2.19. The second-order valence-corrected chi connectivity index (χ2v) is 11.6. The molecule has 0 aliphatic carbocycles. The smallest absolute Gasteiger partial charge is 0.543 e. The van der Waals surface area contributed by atoms with Gasteiger partial charge in [0.25, 0.3) is 17.4 Å². The number of furan rings is 1. The molecular formula is C25H26N11NaO7S2. The molecule has 18 nitrogen and oxygen atoms in total. The van der Waals surface area contributed by atoms with Crippen LogP contribution in [-0.2, 0) is 21.4 Å². The summed E-state index contributed by atoms with van der Waals surface area (Å²) >= 11 is 2.43. The van der Waals surface area contributed by atoms with E-state index in [0.717, 1.165) is 11.1 Å². The number of carbonyl (C=O) groups excluding carboxylic acids is 4. The van der Waals surface area contributed by atoms with Crippen molar-refractivity contribution in [2.75, 3.05) is 28.3 Å². The van der Waals surface area contributed by atoms with Gasteiger partial charge >= 0.3 is 35.6 Å². The summed E-state index contributed by atoms with van der Waals surface area (Å²) in [4.78, 5) is 73.3. The predicted molar refractivity (Wildman–Crippen MR) is 158 cm³/mol. The van der Waals surface area contributed by atoms with Gasteiger partial charge in [-0.05, 0) is 35.1 Å². The predicted octanol–water partition coefficient (Wildman–Crippen LogP) is -4.30. The SMILES string of the molecule is CC=CCNc1ncc(N(C(N)=O)C(C(=O)NC2C(=O)N3C(C(=O)[O-])=C(CSc4nnnn4C)CS[C@@H]23)c2ccco2)c(=O)[nH]1.[Na+]. The Morgan fingerprint density at radius 2 is 2.15 bits per heavy atom. The molecule has 1 saturated heterocycles. The van der Waals surface area contributed by atoms with Crippen molar-refractivity contribution in [2.45, 2.75) is 29.5 Å². The average molecular weight is 680 g/mol. The fourth-order valence-electron chi connectivity index (χ4n) is 4.64. The number of aromatic nitrogens is 6. The van der Waals surface area contributed by atoms with E-state index in [2.05, 4.69) is 36.1 Å². The first-order valence-electron chi connectivity index (χ1n) is 13.2. The molecule has 0 spiro atoms. The van der Waals surface area contributed by atoms with E-state index >= 15 is 0 Å². The Morgan fingerprint density at radius 1 is 1.37 bits per heavy atom. The number of urea groups is 1. The number of hydrogen-bond acceptors (Lipinski definition) is 14. The van der Waals surface area contributed by atoms with Crippen molar-refractivity contribution in [1.29, 1.82) is 0 Å². The number of allylic oxidation sites excluding steroid dienone is 1. The van der Waals surface area contributed by atoms with Crippen molar-refractivity contribution in [3.63, 3.8) is 0 Å². The number of amides is 4. The van der Waals surface area contributed by atoms with Crippen LogP contribution in [0.1, 0.15) is 18.7 Å².